The number of unbranched alkanes of at least 4 members (excludes halogenated alkanes) is 1. The number of amides is 3. The number of carbonyl (C=O) groups is 5. The van der Waals surface area contributed by atoms with Crippen molar-refractivity contribution in [2.45, 2.75) is 78.7 Å². The van der Waals surface area contributed by atoms with Crippen molar-refractivity contribution in [1.29, 1.82) is 0 Å². The molecule has 28 heavy (non-hydrogen) atoms. The quantitative estimate of drug-likeness (QED) is 0.290. The summed E-state index contributed by atoms with van der Waals surface area (Å²) in [5.41, 5.74) is 0. The maximum atomic E-state index is 12.2. The predicted molar refractivity (Wildman–Crippen MR) is 105 cm³/mol. The van der Waals surface area contributed by atoms with Crippen LogP contribution in [0.3, 0.4) is 0 Å². The Kier molecular flexibility index (Phi) is 17.8. The van der Waals surface area contributed by atoms with Gasteiger partial charge in [0.1, 0.15) is 12.3 Å². The first-order valence-corrected chi connectivity index (χ1v) is 9.83. The molecule has 0 aromatic carbocycles. The minimum Gasteiger partial charge on any atom is -0.356 e. The summed E-state index contributed by atoms with van der Waals surface area (Å²) in [7, 11) is 1.28. The van der Waals surface area contributed by atoms with Crippen molar-refractivity contribution in [1.82, 2.24) is 15.7 Å². The van der Waals surface area contributed by atoms with Crippen LogP contribution in [0.5, 0.6) is 0 Å². The fourth-order valence-corrected chi connectivity index (χ4v) is 1.96. The van der Waals surface area contributed by atoms with Gasteiger partial charge in [0.05, 0.1) is 0 Å². The van der Waals surface area contributed by atoms with Gasteiger partial charge in [0, 0.05) is 39.3 Å². The van der Waals surface area contributed by atoms with E-state index in [4.69, 9.17) is 4.84 Å². The SMILES string of the molecule is CC.CCC(=O)NCCCCC(NC(=O)CC)C(=O)ON(C)C(=O)CCC=O. The highest BCUT2D eigenvalue weighted by molar-refractivity contribution is 5.85. The average Bonchev–Trinajstić information content (AvgIpc) is 2.71. The molecule has 0 heterocycles. The number of hydrogen-bond donors (Lipinski definition) is 2. The third-order valence-electron chi connectivity index (χ3n) is 3.56. The molecule has 0 rings (SSSR count). The Morgan fingerprint density at radius 2 is 1.64 bits per heavy atom. The van der Waals surface area contributed by atoms with E-state index in [1.54, 1.807) is 13.8 Å². The molecule has 3 amide bonds. The molecule has 0 fully saturated rings. The van der Waals surface area contributed by atoms with Gasteiger partial charge in [-0.1, -0.05) is 27.7 Å². The number of nitrogens with one attached hydrogen (secondary N) is 2. The van der Waals surface area contributed by atoms with Gasteiger partial charge in [-0.05, 0) is 19.3 Å². The molecule has 9 heteroatoms. The maximum absolute atomic E-state index is 12.2. The minimum absolute atomic E-state index is 0.0419. The average molecular weight is 402 g/mol. The van der Waals surface area contributed by atoms with E-state index in [0.29, 0.717) is 38.5 Å². The third kappa shape index (κ3) is 13.7. The summed E-state index contributed by atoms with van der Waals surface area (Å²) in [5.74, 6) is -1.60. The zero-order chi connectivity index (χ0) is 21.9. The molecule has 0 saturated carbocycles. The lowest BCUT2D eigenvalue weighted by atomic mass is 10.1. The Morgan fingerprint density at radius 1 is 1.04 bits per heavy atom. The Bertz CT molecular complexity index is 496. The van der Waals surface area contributed by atoms with E-state index in [2.05, 4.69) is 10.6 Å². The molecule has 0 aliphatic carbocycles. The Labute approximate surface area is 167 Å². The van der Waals surface area contributed by atoms with Gasteiger partial charge in [0.15, 0.2) is 0 Å². The highest BCUT2D eigenvalue weighted by Gasteiger charge is 2.24. The second-order valence-corrected chi connectivity index (χ2v) is 5.68. The molecule has 0 bridgehead atoms. The number of rotatable bonds is 12. The van der Waals surface area contributed by atoms with Gasteiger partial charge in [0.2, 0.25) is 11.8 Å². The molecule has 9 nitrogen and oxygen atoms in total. The first-order chi connectivity index (χ1) is 13.3. The number of hydrogen-bond acceptors (Lipinski definition) is 6. The van der Waals surface area contributed by atoms with Crippen molar-refractivity contribution in [2.75, 3.05) is 13.6 Å². The van der Waals surface area contributed by atoms with E-state index in [9.17, 15) is 24.0 Å². The van der Waals surface area contributed by atoms with Crippen LogP contribution in [-0.2, 0) is 28.8 Å². The molecule has 0 aliphatic heterocycles. The Hall–Kier alpha value is -2.45. The molecule has 0 aromatic rings. The second kappa shape index (κ2) is 17.9. The molecule has 0 radical (unpaired) electrons. The van der Waals surface area contributed by atoms with E-state index in [-0.39, 0.29) is 31.1 Å². The summed E-state index contributed by atoms with van der Waals surface area (Å²) < 4.78 is 0. The lowest BCUT2D eigenvalue weighted by molar-refractivity contribution is -0.195. The van der Waals surface area contributed by atoms with Gasteiger partial charge in [-0.2, -0.15) is 5.06 Å². The molecule has 0 saturated heterocycles. The van der Waals surface area contributed by atoms with Crippen molar-refractivity contribution in [3.63, 3.8) is 0 Å². The number of carbonyl (C=O) groups excluding carboxylic acids is 5. The molecular formula is C19H35N3O6. The van der Waals surface area contributed by atoms with Gasteiger partial charge < -0.3 is 20.3 Å². The smallest absolute Gasteiger partial charge is 0.354 e. The normalized spacial score (nSPS) is 10.6. The van der Waals surface area contributed by atoms with Crippen molar-refractivity contribution in [2.24, 2.45) is 0 Å². The Morgan fingerprint density at radius 3 is 2.18 bits per heavy atom. The topological polar surface area (TPSA) is 122 Å². The largest absolute Gasteiger partial charge is 0.356 e. The summed E-state index contributed by atoms with van der Waals surface area (Å²) in [4.78, 5) is 62.0. The van der Waals surface area contributed by atoms with Crippen LogP contribution in [0.25, 0.3) is 0 Å². The van der Waals surface area contributed by atoms with Crippen LogP contribution < -0.4 is 10.6 Å². The summed E-state index contributed by atoms with van der Waals surface area (Å²) in [6, 6.07) is -0.884. The number of aldehydes is 1. The minimum atomic E-state index is -0.884. The highest BCUT2D eigenvalue weighted by Crippen LogP contribution is 2.06. The number of hydroxylamine groups is 2. The molecular weight excluding hydrogens is 366 g/mol. The zero-order valence-corrected chi connectivity index (χ0v) is 17.7. The van der Waals surface area contributed by atoms with Crippen molar-refractivity contribution >= 4 is 30.0 Å². The third-order valence-corrected chi connectivity index (χ3v) is 3.56. The molecule has 2 N–H and O–H groups in total. The van der Waals surface area contributed by atoms with Crippen LogP contribution in [0, 0.1) is 0 Å². The van der Waals surface area contributed by atoms with Gasteiger partial charge in [-0.25, -0.2) is 4.79 Å². The summed E-state index contributed by atoms with van der Waals surface area (Å²) in [5, 5.41) is 6.08. The fourth-order valence-electron chi connectivity index (χ4n) is 1.96. The van der Waals surface area contributed by atoms with E-state index in [0.717, 1.165) is 5.06 Å². The molecule has 0 aliphatic rings. The second-order valence-electron chi connectivity index (χ2n) is 5.68. The van der Waals surface area contributed by atoms with Crippen molar-refractivity contribution in [3.8, 4) is 0 Å². The van der Waals surface area contributed by atoms with Crippen LogP contribution >= 0.6 is 0 Å². The van der Waals surface area contributed by atoms with Crippen LogP contribution in [0.4, 0.5) is 0 Å². The van der Waals surface area contributed by atoms with Crippen molar-refractivity contribution < 1.29 is 28.8 Å². The van der Waals surface area contributed by atoms with E-state index >= 15 is 0 Å². The predicted octanol–water partition coefficient (Wildman–Crippen LogP) is 1.50. The Balaban J connectivity index is 0. The molecule has 1 unspecified atom stereocenters. The van der Waals surface area contributed by atoms with Crippen LogP contribution in [0.1, 0.15) is 72.6 Å². The highest BCUT2D eigenvalue weighted by atomic mass is 16.7. The van der Waals surface area contributed by atoms with Gasteiger partial charge >= 0.3 is 5.97 Å². The standard InChI is InChI=1S/C17H29N3O6.C2H6/c1-4-14(22)18-11-7-6-9-13(19-15(23)5-2)17(25)26-20(3)16(24)10-8-12-21;1-2/h12-13H,4-11H2,1-3H3,(H,18,22)(H,19,23);1-2H3. The van der Waals surface area contributed by atoms with Gasteiger partial charge in [0.25, 0.3) is 5.91 Å². The first-order valence-electron chi connectivity index (χ1n) is 9.83. The summed E-state index contributed by atoms with van der Waals surface area (Å²) in [6.07, 6.45) is 2.76. The molecule has 0 spiro atoms. The molecule has 162 valence electrons. The molecule has 1 atom stereocenters. The molecule has 0 aromatic heterocycles. The van der Waals surface area contributed by atoms with Gasteiger partial charge in [-0.15, -0.1) is 0 Å². The fraction of sp³-hybridized carbons (Fsp3) is 0.737. The monoisotopic (exact) mass is 401 g/mol. The van der Waals surface area contributed by atoms with E-state index in [1.807, 2.05) is 13.8 Å². The lowest BCUT2D eigenvalue weighted by Crippen LogP contribution is -2.44. The maximum Gasteiger partial charge on any atom is 0.354 e. The van der Waals surface area contributed by atoms with Crippen LogP contribution in [0.15, 0.2) is 0 Å². The van der Waals surface area contributed by atoms with Crippen LogP contribution in [-0.4, -0.2) is 54.7 Å². The van der Waals surface area contributed by atoms with Gasteiger partial charge in [-0.3, -0.25) is 14.4 Å². The lowest BCUT2D eigenvalue weighted by Gasteiger charge is -2.21. The first kappa shape index (κ1) is 27.8. The van der Waals surface area contributed by atoms with Crippen LogP contribution in [0.2, 0.25) is 0 Å². The van der Waals surface area contributed by atoms with E-state index < -0.39 is 17.9 Å². The summed E-state index contributed by atoms with van der Waals surface area (Å²) >= 11 is 0. The summed E-state index contributed by atoms with van der Waals surface area (Å²) in [6.45, 7) is 7.90. The van der Waals surface area contributed by atoms with Crippen molar-refractivity contribution in [3.05, 3.63) is 0 Å². The van der Waals surface area contributed by atoms with E-state index in [1.165, 1.54) is 7.05 Å². The zero-order valence-electron chi connectivity index (χ0n) is 17.7. The number of nitrogens with zero attached hydrogens (tertiary/aromatic N) is 1.